The van der Waals surface area contributed by atoms with Crippen LogP contribution in [0.1, 0.15) is 19.8 Å². The first-order valence-corrected chi connectivity index (χ1v) is 3.80. The second-order valence-corrected chi connectivity index (χ2v) is 2.33. The molecule has 0 unspecified atom stereocenters. The molecule has 2 N–H and O–H groups in total. The Hall–Kier alpha value is 0.803. The first kappa shape index (κ1) is 15.7. The van der Waals surface area contributed by atoms with Crippen LogP contribution in [0.2, 0.25) is 4.13 Å². The zero-order valence-corrected chi connectivity index (χ0v) is 6.97. The van der Waals surface area contributed by atoms with Gasteiger partial charge >= 0.3 is 48.6 Å². The standard InChI is InChI=1S/C4H9.2H2O.Zr/c1-3-4-2;;;/h1,3-4H2,2H3;2*1H2;/q;;;+2/p-2. The molecule has 0 atom stereocenters. The van der Waals surface area contributed by atoms with Gasteiger partial charge in [0.05, 0.1) is 0 Å². The van der Waals surface area contributed by atoms with E-state index in [0.29, 0.717) is 0 Å². The summed E-state index contributed by atoms with van der Waals surface area (Å²) in [5, 5.41) is 0. The average Bonchev–Trinajstić information content (AvgIpc) is 1.41. The molecule has 0 heterocycles. The third-order valence-electron chi connectivity index (χ3n) is 0.530. The Bertz CT molecular complexity index is 17.2. The van der Waals surface area contributed by atoms with Crippen LogP contribution in [0.25, 0.3) is 0 Å². The smallest absolute Gasteiger partial charge is 0.870 e. The Labute approximate surface area is 59.8 Å². The van der Waals surface area contributed by atoms with Crippen molar-refractivity contribution in [3.63, 3.8) is 0 Å². The molecule has 0 amide bonds. The molecule has 0 aromatic carbocycles. The van der Waals surface area contributed by atoms with Gasteiger partial charge in [-0.3, -0.25) is 0 Å². The molecular weight excluding hydrogens is 171 g/mol. The summed E-state index contributed by atoms with van der Waals surface area (Å²) in [5.41, 5.74) is 0. The van der Waals surface area contributed by atoms with Gasteiger partial charge in [-0.05, 0) is 0 Å². The molecule has 0 spiro atoms. The van der Waals surface area contributed by atoms with Crippen molar-refractivity contribution in [1.82, 2.24) is 0 Å². The van der Waals surface area contributed by atoms with Gasteiger partial charge in [0.1, 0.15) is 0 Å². The van der Waals surface area contributed by atoms with Crippen LogP contribution >= 0.6 is 0 Å². The minimum Gasteiger partial charge on any atom is -0.870 e. The normalized spacial score (nSPS) is 6.14. The van der Waals surface area contributed by atoms with Crippen molar-refractivity contribution in [2.75, 3.05) is 0 Å². The summed E-state index contributed by atoms with van der Waals surface area (Å²) in [6, 6.07) is 0. The average molecular weight is 182 g/mol. The van der Waals surface area contributed by atoms with Gasteiger partial charge in [0, 0.05) is 0 Å². The first-order valence-electron chi connectivity index (χ1n) is 2.06. The molecule has 0 aliphatic heterocycles. The summed E-state index contributed by atoms with van der Waals surface area (Å²) in [5.74, 6) is 0. The van der Waals surface area contributed by atoms with E-state index < -0.39 is 0 Å². The van der Waals surface area contributed by atoms with Crippen LogP contribution in [0.3, 0.4) is 0 Å². The molecule has 0 fully saturated rings. The second-order valence-electron chi connectivity index (χ2n) is 1.10. The molecule has 0 aliphatic rings. The third-order valence-corrected chi connectivity index (χ3v) is 1.40. The minimum atomic E-state index is 0. The second kappa shape index (κ2) is 15.8. The van der Waals surface area contributed by atoms with Crippen LogP contribution in [0.15, 0.2) is 0 Å². The summed E-state index contributed by atoms with van der Waals surface area (Å²) in [4.78, 5) is 0. The number of rotatable bonds is 2. The maximum absolute atomic E-state index is 2.23. The quantitative estimate of drug-likeness (QED) is 0.648. The van der Waals surface area contributed by atoms with Gasteiger partial charge in [-0.15, -0.1) is 0 Å². The summed E-state index contributed by atoms with van der Waals surface area (Å²) < 4.78 is 1.43. The Morgan fingerprint density at radius 1 is 1.29 bits per heavy atom. The van der Waals surface area contributed by atoms with Crippen LogP contribution in [0.5, 0.6) is 0 Å². The largest absolute Gasteiger partial charge is 0.870 e. The Kier molecular flexibility index (Phi) is 35.4. The first-order chi connectivity index (χ1) is 2.41. The molecular formula is C4H11O2Zr. The molecule has 0 bridgehead atoms. The predicted molar refractivity (Wildman–Crippen MR) is 23.6 cm³/mol. The van der Waals surface area contributed by atoms with E-state index in [4.69, 9.17) is 0 Å². The van der Waals surface area contributed by atoms with Crippen molar-refractivity contribution in [3.05, 3.63) is 0 Å². The topological polar surface area (TPSA) is 60.0 Å². The number of hydrogen-bond donors (Lipinski definition) is 0. The molecule has 0 aromatic heterocycles. The van der Waals surface area contributed by atoms with Gasteiger partial charge in [-0.2, -0.15) is 0 Å². The molecule has 2 nitrogen and oxygen atoms in total. The SMILES string of the molecule is CCC[CH2][Zr+2].[OH-].[OH-]. The van der Waals surface area contributed by atoms with Crippen LogP contribution in [-0.2, 0) is 24.7 Å². The van der Waals surface area contributed by atoms with Crippen molar-refractivity contribution >= 4 is 0 Å². The molecule has 3 heteroatoms. The molecule has 0 aliphatic carbocycles. The fourth-order valence-electron chi connectivity index (χ4n) is 0.177. The molecule has 0 radical (unpaired) electrons. The summed E-state index contributed by atoms with van der Waals surface area (Å²) in [7, 11) is 0. The van der Waals surface area contributed by atoms with Crippen LogP contribution < -0.4 is 0 Å². The Morgan fingerprint density at radius 3 is 1.71 bits per heavy atom. The molecule has 0 saturated heterocycles. The molecule has 0 rings (SSSR count). The summed E-state index contributed by atoms with van der Waals surface area (Å²) in [6.07, 6.45) is 2.80. The van der Waals surface area contributed by atoms with E-state index in [1.54, 1.807) is 24.7 Å². The fourth-order valence-corrected chi connectivity index (χ4v) is 1.05. The maximum atomic E-state index is 2.23. The van der Waals surface area contributed by atoms with Crippen LogP contribution in [-0.4, -0.2) is 11.0 Å². The van der Waals surface area contributed by atoms with Gasteiger partial charge < -0.3 is 11.0 Å². The van der Waals surface area contributed by atoms with Crippen molar-refractivity contribution in [1.29, 1.82) is 0 Å². The zero-order valence-electron chi connectivity index (χ0n) is 4.52. The Morgan fingerprint density at radius 2 is 1.71 bits per heavy atom. The van der Waals surface area contributed by atoms with Crippen molar-refractivity contribution in [3.8, 4) is 0 Å². The molecule has 0 aromatic rings. The summed E-state index contributed by atoms with van der Waals surface area (Å²) in [6.45, 7) is 2.23. The summed E-state index contributed by atoms with van der Waals surface area (Å²) >= 11 is 1.68. The monoisotopic (exact) mass is 181 g/mol. The molecule has 7 heavy (non-hydrogen) atoms. The fraction of sp³-hybridized carbons (Fsp3) is 1.00. The van der Waals surface area contributed by atoms with Gasteiger partial charge in [-0.1, -0.05) is 0 Å². The van der Waals surface area contributed by atoms with Crippen LogP contribution in [0, 0.1) is 0 Å². The minimum absolute atomic E-state index is 0. The van der Waals surface area contributed by atoms with Gasteiger partial charge in [-0.25, -0.2) is 0 Å². The van der Waals surface area contributed by atoms with Crippen molar-refractivity contribution < 1.29 is 35.7 Å². The third kappa shape index (κ3) is 20.0. The predicted octanol–water partition coefficient (Wildman–Crippen LogP) is 1.40. The van der Waals surface area contributed by atoms with E-state index in [-0.39, 0.29) is 11.0 Å². The van der Waals surface area contributed by atoms with E-state index in [1.165, 1.54) is 17.0 Å². The maximum Gasteiger partial charge on any atom is -0.870 e. The van der Waals surface area contributed by atoms with Gasteiger partial charge in [0.15, 0.2) is 0 Å². The van der Waals surface area contributed by atoms with Gasteiger partial charge in [0.2, 0.25) is 0 Å². The van der Waals surface area contributed by atoms with Crippen molar-refractivity contribution in [2.45, 2.75) is 23.9 Å². The van der Waals surface area contributed by atoms with Crippen molar-refractivity contribution in [2.24, 2.45) is 0 Å². The van der Waals surface area contributed by atoms with Crippen LogP contribution in [0.4, 0.5) is 0 Å². The van der Waals surface area contributed by atoms with E-state index >= 15 is 0 Å². The Balaban J connectivity index is -0.0000000800. The van der Waals surface area contributed by atoms with E-state index in [9.17, 15) is 0 Å². The molecule has 0 saturated carbocycles. The van der Waals surface area contributed by atoms with Gasteiger partial charge in [0.25, 0.3) is 0 Å². The van der Waals surface area contributed by atoms with E-state index in [2.05, 4.69) is 6.92 Å². The number of hydrogen-bond acceptors (Lipinski definition) is 2. The zero-order chi connectivity index (χ0) is 4.12. The number of unbranched alkanes of at least 4 members (excludes halogenated alkanes) is 1. The van der Waals surface area contributed by atoms with E-state index in [1.807, 2.05) is 0 Å². The van der Waals surface area contributed by atoms with E-state index in [0.717, 1.165) is 0 Å². The molecule has 43 valence electrons.